The molecule has 2 aliphatic rings. The molecular weight excluding hydrogens is 174 g/mol. The van der Waals surface area contributed by atoms with E-state index in [9.17, 15) is 4.79 Å². The van der Waals surface area contributed by atoms with Crippen LogP contribution in [-0.2, 0) is 4.79 Å². The van der Waals surface area contributed by atoms with Crippen molar-refractivity contribution in [3.8, 4) is 0 Å². The van der Waals surface area contributed by atoms with Gasteiger partial charge in [0, 0.05) is 18.5 Å². The van der Waals surface area contributed by atoms with Crippen LogP contribution in [0.15, 0.2) is 24.3 Å². The molecule has 1 aromatic rings. The van der Waals surface area contributed by atoms with E-state index in [1.165, 1.54) is 5.56 Å². The standard InChI is InChI=1S/C12H13NO/c1-8(14)13-11-6-4-3-5-9(11)10-7-12(10,13)2/h3-6,10H,7H2,1-2H3. The quantitative estimate of drug-likeness (QED) is 0.610. The van der Waals surface area contributed by atoms with E-state index in [4.69, 9.17) is 0 Å². The molecule has 1 heterocycles. The predicted octanol–water partition coefficient (Wildman–Crippen LogP) is 2.30. The van der Waals surface area contributed by atoms with E-state index in [1.807, 2.05) is 17.0 Å². The van der Waals surface area contributed by atoms with Crippen LogP contribution in [0.2, 0.25) is 0 Å². The molecule has 72 valence electrons. The van der Waals surface area contributed by atoms with Gasteiger partial charge in [-0.2, -0.15) is 0 Å². The molecule has 0 bridgehead atoms. The van der Waals surface area contributed by atoms with Gasteiger partial charge in [0.05, 0.1) is 5.54 Å². The lowest BCUT2D eigenvalue weighted by molar-refractivity contribution is -0.117. The van der Waals surface area contributed by atoms with Gasteiger partial charge in [0.1, 0.15) is 0 Å². The van der Waals surface area contributed by atoms with Crippen molar-refractivity contribution < 1.29 is 4.79 Å². The van der Waals surface area contributed by atoms with Crippen LogP contribution in [0.25, 0.3) is 0 Å². The highest BCUT2D eigenvalue weighted by molar-refractivity contribution is 5.98. The molecule has 1 aliphatic heterocycles. The predicted molar refractivity (Wildman–Crippen MR) is 55.4 cm³/mol. The molecule has 0 N–H and O–H groups in total. The summed E-state index contributed by atoms with van der Waals surface area (Å²) in [4.78, 5) is 13.5. The fourth-order valence-electron chi connectivity index (χ4n) is 2.84. The normalized spacial score (nSPS) is 32.4. The minimum Gasteiger partial charge on any atom is -0.306 e. The van der Waals surface area contributed by atoms with Gasteiger partial charge in [0.25, 0.3) is 0 Å². The summed E-state index contributed by atoms with van der Waals surface area (Å²) in [7, 11) is 0. The van der Waals surface area contributed by atoms with Gasteiger partial charge in [-0.3, -0.25) is 4.79 Å². The average Bonchev–Trinajstić information content (AvgIpc) is 2.73. The molecule has 1 aromatic carbocycles. The van der Waals surface area contributed by atoms with Gasteiger partial charge in [0.15, 0.2) is 0 Å². The monoisotopic (exact) mass is 187 g/mol. The third kappa shape index (κ3) is 0.746. The summed E-state index contributed by atoms with van der Waals surface area (Å²) in [5, 5.41) is 0. The summed E-state index contributed by atoms with van der Waals surface area (Å²) >= 11 is 0. The molecule has 2 atom stereocenters. The van der Waals surface area contributed by atoms with Crippen molar-refractivity contribution in [1.82, 2.24) is 0 Å². The molecule has 0 saturated heterocycles. The smallest absolute Gasteiger partial charge is 0.224 e. The number of fused-ring (bicyclic) bond motifs is 3. The van der Waals surface area contributed by atoms with Gasteiger partial charge >= 0.3 is 0 Å². The second-order valence-electron chi connectivity index (χ2n) is 4.53. The zero-order chi connectivity index (χ0) is 9.92. The Labute approximate surface area is 83.5 Å². The fourth-order valence-corrected chi connectivity index (χ4v) is 2.84. The molecule has 2 unspecified atom stereocenters. The van der Waals surface area contributed by atoms with Crippen LogP contribution < -0.4 is 4.90 Å². The van der Waals surface area contributed by atoms with Crippen LogP contribution in [-0.4, -0.2) is 11.4 Å². The highest BCUT2D eigenvalue weighted by Gasteiger charge is 2.62. The Kier molecular flexibility index (Phi) is 1.26. The van der Waals surface area contributed by atoms with Crippen LogP contribution in [0, 0.1) is 0 Å². The Morgan fingerprint density at radius 1 is 1.50 bits per heavy atom. The molecule has 14 heavy (non-hydrogen) atoms. The van der Waals surface area contributed by atoms with E-state index >= 15 is 0 Å². The number of para-hydroxylation sites is 1. The summed E-state index contributed by atoms with van der Waals surface area (Å²) in [5.74, 6) is 0.752. The van der Waals surface area contributed by atoms with Crippen molar-refractivity contribution in [2.24, 2.45) is 0 Å². The minimum atomic E-state index is 0.0928. The second-order valence-corrected chi connectivity index (χ2v) is 4.53. The maximum Gasteiger partial charge on any atom is 0.224 e. The molecule has 3 rings (SSSR count). The molecule has 1 fully saturated rings. The van der Waals surface area contributed by atoms with Crippen LogP contribution >= 0.6 is 0 Å². The molecular formula is C12H13NO. The van der Waals surface area contributed by atoms with E-state index in [1.54, 1.807) is 6.92 Å². The number of rotatable bonds is 0. The fraction of sp³-hybridized carbons (Fsp3) is 0.417. The van der Waals surface area contributed by atoms with E-state index < -0.39 is 0 Å². The largest absolute Gasteiger partial charge is 0.306 e. The number of hydrogen-bond acceptors (Lipinski definition) is 1. The summed E-state index contributed by atoms with van der Waals surface area (Å²) in [5.41, 5.74) is 2.57. The highest BCUT2D eigenvalue weighted by Crippen LogP contribution is 2.63. The summed E-state index contributed by atoms with van der Waals surface area (Å²) in [6.07, 6.45) is 1.13. The first kappa shape index (κ1) is 8.04. The summed E-state index contributed by atoms with van der Waals surface area (Å²) < 4.78 is 0. The zero-order valence-corrected chi connectivity index (χ0v) is 8.45. The number of nitrogens with zero attached hydrogens (tertiary/aromatic N) is 1. The van der Waals surface area contributed by atoms with E-state index in [0.29, 0.717) is 5.92 Å². The second kappa shape index (κ2) is 2.19. The van der Waals surface area contributed by atoms with Gasteiger partial charge in [-0.05, 0) is 25.0 Å². The van der Waals surface area contributed by atoms with Crippen LogP contribution in [0.1, 0.15) is 31.7 Å². The lowest BCUT2D eigenvalue weighted by atomic mass is 10.1. The third-order valence-electron chi connectivity index (χ3n) is 3.59. The Hall–Kier alpha value is -1.31. The average molecular weight is 187 g/mol. The third-order valence-corrected chi connectivity index (χ3v) is 3.59. The summed E-state index contributed by atoms with van der Waals surface area (Å²) in [6.45, 7) is 3.84. The van der Waals surface area contributed by atoms with E-state index in [2.05, 4.69) is 19.1 Å². The maximum atomic E-state index is 11.6. The topological polar surface area (TPSA) is 20.3 Å². The lowest BCUT2D eigenvalue weighted by Gasteiger charge is -2.24. The van der Waals surface area contributed by atoms with Gasteiger partial charge in [-0.15, -0.1) is 0 Å². The number of benzene rings is 1. The van der Waals surface area contributed by atoms with Crippen molar-refractivity contribution in [2.45, 2.75) is 31.7 Å². The van der Waals surface area contributed by atoms with Gasteiger partial charge in [-0.1, -0.05) is 18.2 Å². The molecule has 2 heteroatoms. The van der Waals surface area contributed by atoms with Gasteiger partial charge in [-0.25, -0.2) is 0 Å². The Morgan fingerprint density at radius 2 is 2.21 bits per heavy atom. The first-order valence-corrected chi connectivity index (χ1v) is 5.04. The van der Waals surface area contributed by atoms with E-state index in [0.717, 1.165) is 12.1 Å². The molecule has 0 spiro atoms. The minimum absolute atomic E-state index is 0.0928. The van der Waals surface area contributed by atoms with Crippen molar-refractivity contribution in [2.75, 3.05) is 4.90 Å². The Balaban J connectivity index is 2.19. The van der Waals surface area contributed by atoms with Crippen molar-refractivity contribution >= 4 is 11.6 Å². The van der Waals surface area contributed by atoms with Crippen molar-refractivity contribution in [3.63, 3.8) is 0 Å². The SMILES string of the molecule is CC(=O)N1c2ccccc2C2CC21C. The van der Waals surface area contributed by atoms with Crippen molar-refractivity contribution in [1.29, 1.82) is 0 Å². The highest BCUT2D eigenvalue weighted by atomic mass is 16.2. The van der Waals surface area contributed by atoms with Gasteiger partial charge < -0.3 is 4.90 Å². The number of carbonyl (C=O) groups excluding carboxylic acids is 1. The van der Waals surface area contributed by atoms with Crippen LogP contribution in [0.3, 0.4) is 0 Å². The van der Waals surface area contributed by atoms with Crippen molar-refractivity contribution in [3.05, 3.63) is 29.8 Å². The molecule has 0 aromatic heterocycles. The number of carbonyl (C=O) groups is 1. The number of anilines is 1. The Morgan fingerprint density at radius 3 is 2.93 bits per heavy atom. The Bertz CT molecular complexity index is 426. The molecule has 1 saturated carbocycles. The van der Waals surface area contributed by atoms with E-state index in [-0.39, 0.29) is 11.4 Å². The molecule has 1 aliphatic carbocycles. The first-order valence-electron chi connectivity index (χ1n) is 5.04. The number of hydrogen-bond donors (Lipinski definition) is 0. The molecule has 0 radical (unpaired) electrons. The van der Waals surface area contributed by atoms with Gasteiger partial charge in [0.2, 0.25) is 5.91 Å². The summed E-state index contributed by atoms with van der Waals surface area (Å²) in [6, 6.07) is 8.26. The van der Waals surface area contributed by atoms with Crippen LogP contribution in [0.4, 0.5) is 5.69 Å². The number of amides is 1. The zero-order valence-electron chi connectivity index (χ0n) is 8.45. The maximum absolute atomic E-state index is 11.6. The molecule has 2 nitrogen and oxygen atoms in total. The van der Waals surface area contributed by atoms with Crippen LogP contribution in [0.5, 0.6) is 0 Å². The first-order chi connectivity index (χ1) is 6.64. The molecule has 1 amide bonds. The lowest BCUT2D eigenvalue weighted by Crippen LogP contribution is -2.37.